The lowest BCUT2D eigenvalue weighted by Gasteiger charge is -2.20. The van der Waals surface area contributed by atoms with Crippen molar-refractivity contribution in [2.75, 3.05) is 31.8 Å². The summed E-state index contributed by atoms with van der Waals surface area (Å²) in [4.78, 5) is 26.2. The van der Waals surface area contributed by atoms with Crippen molar-refractivity contribution in [2.24, 2.45) is 0 Å². The smallest absolute Gasteiger partial charge is 0.337 e. The highest BCUT2D eigenvalue weighted by Gasteiger charge is 2.17. The molecule has 0 aliphatic heterocycles. The first-order chi connectivity index (χ1) is 11.8. The Balaban J connectivity index is 2.24. The number of nitrogen functional groups attached to an aromatic ring is 1. The number of methoxy groups -OCH3 is 1. The standard InChI is InChI=1S/C19H23N3O3/c1-12(13-6-5-7-14(10-13)19(24)25-4)21-18(23)16-11-15(20)8-9-17(16)22(2)3/h5-12H,20H2,1-4H3,(H,21,23). The van der Waals surface area contributed by atoms with Crippen LogP contribution in [0.25, 0.3) is 0 Å². The van der Waals surface area contributed by atoms with Gasteiger partial charge < -0.3 is 20.7 Å². The van der Waals surface area contributed by atoms with E-state index >= 15 is 0 Å². The van der Waals surface area contributed by atoms with Gasteiger partial charge in [-0.2, -0.15) is 0 Å². The topological polar surface area (TPSA) is 84.7 Å². The number of esters is 1. The number of nitrogens with two attached hydrogens (primary N) is 1. The average Bonchev–Trinajstić information content (AvgIpc) is 2.60. The molecule has 0 heterocycles. The number of carbonyl (C=O) groups excluding carboxylic acids is 2. The van der Waals surface area contributed by atoms with Gasteiger partial charge in [-0.15, -0.1) is 0 Å². The largest absolute Gasteiger partial charge is 0.465 e. The highest BCUT2D eigenvalue weighted by atomic mass is 16.5. The maximum absolute atomic E-state index is 12.7. The Morgan fingerprint density at radius 2 is 1.88 bits per heavy atom. The summed E-state index contributed by atoms with van der Waals surface area (Å²) in [7, 11) is 5.07. The first-order valence-corrected chi connectivity index (χ1v) is 7.89. The summed E-state index contributed by atoms with van der Waals surface area (Å²) < 4.78 is 4.73. The van der Waals surface area contributed by atoms with Gasteiger partial charge in [0, 0.05) is 25.5 Å². The van der Waals surface area contributed by atoms with Gasteiger partial charge in [-0.05, 0) is 42.8 Å². The fraction of sp³-hybridized carbons (Fsp3) is 0.263. The van der Waals surface area contributed by atoms with E-state index < -0.39 is 5.97 Å². The van der Waals surface area contributed by atoms with Gasteiger partial charge in [0.2, 0.25) is 0 Å². The highest BCUT2D eigenvalue weighted by molar-refractivity contribution is 6.01. The average molecular weight is 341 g/mol. The highest BCUT2D eigenvalue weighted by Crippen LogP contribution is 2.23. The van der Waals surface area contributed by atoms with Crippen LogP contribution in [0.5, 0.6) is 0 Å². The van der Waals surface area contributed by atoms with Crippen molar-refractivity contribution in [3.05, 3.63) is 59.2 Å². The van der Waals surface area contributed by atoms with E-state index in [4.69, 9.17) is 10.5 Å². The van der Waals surface area contributed by atoms with Crippen LogP contribution >= 0.6 is 0 Å². The van der Waals surface area contributed by atoms with Crippen LogP contribution in [-0.4, -0.2) is 33.1 Å². The van der Waals surface area contributed by atoms with Gasteiger partial charge in [0.25, 0.3) is 5.91 Å². The molecule has 2 rings (SSSR count). The zero-order chi connectivity index (χ0) is 18.6. The number of nitrogens with one attached hydrogen (secondary N) is 1. The van der Waals surface area contributed by atoms with Crippen molar-refractivity contribution in [1.82, 2.24) is 5.32 Å². The molecule has 3 N–H and O–H groups in total. The minimum absolute atomic E-state index is 0.230. The van der Waals surface area contributed by atoms with E-state index in [1.807, 2.05) is 38.1 Å². The van der Waals surface area contributed by atoms with E-state index in [0.29, 0.717) is 16.8 Å². The molecular weight excluding hydrogens is 318 g/mol. The minimum Gasteiger partial charge on any atom is -0.465 e. The van der Waals surface area contributed by atoms with Crippen molar-refractivity contribution in [3.63, 3.8) is 0 Å². The van der Waals surface area contributed by atoms with Crippen molar-refractivity contribution in [1.29, 1.82) is 0 Å². The lowest BCUT2D eigenvalue weighted by Crippen LogP contribution is -2.28. The van der Waals surface area contributed by atoms with Crippen LogP contribution in [0.4, 0.5) is 11.4 Å². The molecule has 0 radical (unpaired) electrons. The first kappa shape index (κ1) is 18.3. The van der Waals surface area contributed by atoms with Crippen molar-refractivity contribution in [3.8, 4) is 0 Å². The quantitative estimate of drug-likeness (QED) is 0.645. The number of anilines is 2. The molecule has 2 aromatic rings. The molecule has 2 aromatic carbocycles. The Morgan fingerprint density at radius 1 is 1.16 bits per heavy atom. The third-order valence-electron chi connectivity index (χ3n) is 3.90. The second kappa shape index (κ2) is 7.70. The molecule has 0 aliphatic rings. The van der Waals surface area contributed by atoms with Gasteiger partial charge in [-0.1, -0.05) is 12.1 Å². The Kier molecular flexibility index (Phi) is 5.64. The normalized spacial score (nSPS) is 11.5. The van der Waals surface area contributed by atoms with Crippen LogP contribution in [0.15, 0.2) is 42.5 Å². The minimum atomic E-state index is -0.411. The summed E-state index contributed by atoms with van der Waals surface area (Å²) in [5, 5.41) is 2.95. The molecule has 6 heteroatoms. The second-order valence-electron chi connectivity index (χ2n) is 5.98. The molecule has 0 aliphatic carbocycles. The van der Waals surface area contributed by atoms with Crippen LogP contribution in [0, 0.1) is 0 Å². The number of amides is 1. The van der Waals surface area contributed by atoms with Gasteiger partial charge in [-0.25, -0.2) is 4.79 Å². The molecule has 0 bridgehead atoms. The van der Waals surface area contributed by atoms with Crippen LogP contribution < -0.4 is 16.0 Å². The molecule has 6 nitrogen and oxygen atoms in total. The molecule has 0 aromatic heterocycles. The van der Waals surface area contributed by atoms with E-state index in [9.17, 15) is 9.59 Å². The van der Waals surface area contributed by atoms with E-state index in [1.54, 1.807) is 30.3 Å². The molecule has 1 amide bonds. The summed E-state index contributed by atoms with van der Waals surface area (Å²) in [6.07, 6.45) is 0. The number of hydrogen-bond acceptors (Lipinski definition) is 5. The third kappa shape index (κ3) is 4.29. The molecule has 0 saturated carbocycles. The first-order valence-electron chi connectivity index (χ1n) is 7.89. The fourth-order valence-corrected chi connectivity index (χ4v) is 2.54. The monoisotopic (exact) mass is 341 g/mol. The summed E-state index contributed by atoms with van der Waals surface area (Å²) in [5.41, 5.74) is 8.89. The molecule has 1 atom stereocenters. The Labute approximate surface area is 147 Å². The predicted octanol–water partition coefficient (Wildman–Crippen LogP) is 2.61. The summed E-state index contributed by atoms with van der Waals surface area (Å²) in [6.45, 7) is 1.86. The zero-order valence-corrected chi connectivity index (χ0v) is 14.9. The Bertz CT molecular complexity index is 787. The fourth-order valence-electron chi connectivity index (χ4n) is 2.54. The SMILES string of the molecule is COC(=O)c1cccc(C(C)NC(=O)c2cc(N)ccc2N(C)C)c1. The summed E-state index contributed by atoms with van der Waals surface area (Å²) >= 11 is 0. The number of carbonyl (C=O) groups is 2. The Morgan fingerprint density at radius 3 is 2.52 bits per heavy atom. The summed E-state index contributed by atoms with van der Waals surface area (Å²) in [6, 6.07) is 11.9. The second-order valence-corrected chi connectivity index (χ2v) is 5.98. The van der Waals surface area contributed by atoms with Crippen LogP contribution in [0.2, 0.25) is 0 Å². The molecule has 132 valence electrons. The van der Waals surface area contributed by atoms with Gasteiger partial charge >= 0.3 is 5.97 Å². The predicted molar refractivity (Wildman–Crippen MR) is 98.8 cm³/mol. The van der Waals surface area contributed by atoms with E-state index in [-0.39, 0.29) is 11.9 Å². The van der Waals surface area contributed by atoms with Gasteiger partial charge in [-0.3, -0.25) is 4.79 Å². The van der Waals surface area contributed by atoms with Crippen molar-refractivity contribution < 1.29 is 14.3 Å². The van der Waals surface area contributed by atoms with Gasteiger partial charge in [0.1, 0.15) is 0 Å². The lowest BCUT2D eigenvalue weighted by atomic mass is 10.0. The molecule has 0 spiro atoms. The van der Waals surface area contributed by atoms with Crippen LogP contribution in [0.3, 0.4) is 0 Å². The van der Waals surface area contributed by atoms with E-state index in [1.165, 1.54) is 7.11 Å². The van der Waals surface area contributed by atoms with Crippen LogP contribution in [0.1, 0.15) is 39.2 Å². The molecule has 0 fully saturated rings. The van der Waals surface area contributed by atoms with Crippen LogP contribution in [-0.2, 0) is 4.74 Å². The molecule has 1 unspecified atom stereocenters. The number of benzene rings is 2. The maximum Gasteiger partial charge on any atom is 0.337 e. The van der Waals surface area contributed by atoms with E-state index in [2.05, 4.69) is 5.32 Å². The molecule has 0 saturated heterocycles. The third-order valence-corrected chi connectivity index (χ3v) is 3.90. The molecular formula is C19H23N3O3. The number of ether oxygens (including phenoxy) is 1. The van der Waals surface area contributed by atoms with Gasteiger partial charge in [0.05, 0.1) is 24.3 Å². The summed E-state index contributed by atoms with van der Waals surface area (Å²) in [5.74, 6) is -0.641. The lowest BCUT2D eigenvalue weighted by molar-refractivity contribution is 0.0600. The number of nitrogens with zero attached hydrogens (tertiary/aromatic N) is 1. The number of rotatable bonds is 5. The number of hydrogen-bond donors (Lipinski definition) is 2. The van der Waals surface area contributed by atoms with Gasteiger partial charge in [0.15, 0.2) is 0 Å². The zero-order valence-electron chi connectivity index (χ0n) is 14.9. The van der Waals surface area contributed by atoms with Crippen molar-refractivity contribution >= 4 is 23.3 Å². The Hall–Kier alpha value is -3.02. The van der Waals surface area contributed by atoms with Crippen molar-refractivity contribution in [2.45, 2.75) is 13.0 Å². The van der Waals surface area contributed by atoms with E-state index in [0.717, 1.165) is 11.3 Å². The maximum atomic E-state index is 12.7. The molecule has 25 heavy (non-hydrogen) atoms.